The van der Waals surface area contributed by atoms with Gasteiger partial charge in [-0.15, -0.1) is 0 Å². The van der Waals surface area contributed by atoms with Crippen LogP contribution in [-0.4, -0.2) is 87.4 Å². The Kier molecular flexibility index (Phi) is 8.09. The van der Waals surface area contributed by atoms with Crippen LogP contribution in [0.3, 0.4) is 0 Å². The molecule has 7 rings (SSSR count). The Morgan fingerprint density at radius 3 is 2.54 bits per heavy atom. The number of pyridine rings is 1. The Morgan fingerprint density at radius 2 is 1.85 bits per heavy atom. The lowest BCUT2D eigenvalue weighted by Gasteiger charge is -2.34. The van der Waals surface area contributed by atoms with Gasteiger partial charge in [0.15, 0.2) is 0 Å². The van der Waals surface area contributed by atoms with Crippen molar-refractivity contribution in [1.29, 1.82) is 0 Å². The molecule has 3 atom stereocenters. The Morgan fingerprint density at radius 1 is 1.09 bits per heavy atom. The number of benzene rings is 1. The van der Waals surface area contributed by atoms with E-state index in [4.69, 9.17) is 15.6 Å². The van der Waals surface area contributed by atoms with Crippen LogP contribution >= 0.6 is 0 Å². The number of aromatic nitrogens is 3. The highest BCUT2D eigenvalue weighted by Gasteiger charge is 2.32. The van der Waals surface area contributed by atoms with E-state index in [2.05, 4.69) is 28.8 Å². The number of halogens is 2. The summed E-state index contributed by atoms with van der Waals surface area (Å²) in [5.74, 6) is -0.0959. The van der Waals surface area contributed by atoms with E-state index in [0.717, 1.165) is 30.5 Å². The molecule has 2 saturated heterocycles. The van der Waals surface area contributed by atoms with Crippen LogP contribution in [0.25, 0.3) is 27.8 Å². The molecular formula is C35H42F2N6O3. The van der Waals surface area contributed by atoms with Crippen molar-refractivity contribution in [2.75, 3.05) is 33.3 Å². The van der Waals surface area contributed by atoms with Crippen LogP contribution in [0.5, 0.6) is 0 Å². The van der Waals surface area contributed by atoms with Gasteiger partial charge in [-0.3, -0.25) is 9.59 Å². The number of nitrogens with zero attached hydrogens (tertiary/aromatic N) is 5. The number of carbonyl (C=O) groups is 2. The van der Waals surface area contributed by atoms with Gasteiger partial charge in [0.25, 0.3) is 11.8 Å². The molecule has 2 N–H and O–H groups in total. The van der Waals surface area contributed by atoms with Gasteiger partial charge in [-0.25, -0.2) is 13.3 Å². The van der Waals surface area contributed by atoms with E-state index in [0.29, 0.717) is 41.7 Å². The van der Waals surface area contributed by atoms with E-state index in [1.807, 2.05) is 11.8 Å². The smallest absolute Gasteiger partial charge is 0.255 e. The van der Waals surface area contributed by atoms with Crippen molar-refractivity contribution in [3.63, 3.8) is 0 Å². The molecule has 46 heavy (non-hydrogen) atoms. The fourth-order valence-corrected chi connectivity index (χ4v) is 7.45. The van der Waals surface area contributed by atoms with E-state index in [-0.39, 0.29) is 31.0 Å². The largest absolute Gasteiger partial charge is 0.372 e. The van der Waals surface area contributed by atoms with Gasteiger partial charge in [-0.05, 0) is 75.5 Å². The second-order valence-electron chi connectivity index (χ2n) is 13.5. The summed E-state index contributed by atoms with van der Waals surface area (Å²) in [4.78, 5) is 29.3. The summed E-state index contributed by atoms with van der Waals surface area (Å²) in [5, 5.41) is 5.98. The number of ether oxygens (including phenoxy) is 1. The first-order chi connectivity index (χ1) is 22.1. The zero-order valence-corrected chi connectivity index (χ0v) is 26.7. The number of alkyl halides is 1. The highest BCUT2D eigenvalue weighted by molar-refractivity contribution is 5.95. The van der Waals surface area contributed by atoms with Gasteiger partial charge in [-0.2, -0.15) is 5.10 Å². The normalized spacial score (nSPS) is 21.8. The summed E-state index contributed by atoms with van der Waals surface area (Å²) in [5.41, 5.74) is 11.1. The molecule has 0 unspecified atom stereocenters. The summed E-state index contributed by atoms with van der Waals surface area (Å²) in [7, 11) is 1.56. The first-order valence-electron chi connectivity index (χ1n) is 16.4. The molecule has 1 saturated carbocycles. The quantitative estimate of drug-likeness (QED) is 0.307. The summed E-state index contributed by atoms with van der Waals surface area (Å²) in [6, 6.07) is 9.34. The third-order valence-electron chi connectivity index (χ3n) is 10.2. The SMILES string of the molecule is CO[C@@H](C)C(=O)N1CCC(c2cccc3cc(-c4nn5cc(C(=O)N6C[C@H](N)C[C@@H](F)C6)cc(F)c5c4C)n(CC4CC4)c23)CC1. The van der Waals surface area contributed by atoms with Gasteiger partial charge < -0.3 is 24.8 Å². The van der Waals surface area contributed by atoms with Crippen molar-refractivity contribution in [2.24, 2.45) is 11.7 Å². The number of aryl methyl sites for hydroxylation is 1. The number of fused-ring (bicyclic) bond motifs is 2. The van der Waals surface area contributed by atoms with Crippen molar-refractivity contribution in [2.45, 2.75) is 76.7 Å². The second kappa shape index (κ2) is 12.1. The predicted octanol–water partition coefficient (Wildman–Crippen LogP) is 5.07. The Bertz CT molecular complexity index is 1790. The first-order valence-corrected chi connectivity index (χ1v) is 16.4. The van der Waals surface area contributed by atoms with Crippen molar-refractivity contribution in [3.05, 3.63) is 59.0 Å². The molecule has 244 valence electrons. The van der Waals surface area contributed by atoms with E-state index < -0.39 is 30.0 Å². The molecule has 1 aliphatic carbocycles. The number of para-hydroxylation sites is 1. The maximum absolute atomic E-state index is 15.7. The lowest BCUT2D eigenvalue weighted by Crippen LogP contribution is -2.50. The minimum Gasteiger partial charge on any atom is -0.372 e. The maximum atomic E-state index is 15.7. The summed E-state index contributed by atoms with van der Waals surface area (Å²) in [6.07, 6.45) is 4.18. The standard InChI is InChI=1S/C35H42F2N6O3/c1-20-31(39-43-17-25(13-29(37)32(20)43)35(45)41-18-26(36)15-27(38)19-41)30-14-24-5-4-6-28(33(24)42(30)16-22-7-8-22)23-9-11-40(12-10-23)34(44)21(2)46-3/h4-6,13-14,17,21-23,26-27H,7-12,15-16,18-19,38H2,1-3H3/t21-,26+,27+/m0/s1. The fourth-order valence-electron chi connectivity index (χ4n) is 7.45. The van der Waals surface area contributed by atoms with Crippen molar-refractivity contribution in [1.82, 2.24) is 24.0 Å². The highest BCUT2D eigenvalue weighted by atomic mass is 19.1. The van der Waals surface area contributed by atoms with Crippen molar-refractivity contribution < 1.29 is 23.1 Å². The van der Waals surface area contributed by atoms with Crippen molar-refractivity contribution in [3.8, 4) is 11.4 Å². The average molecular weight is 633 g/mol. The highest BCUT2D eigenvalue weighted by Crippen LogP contribution is 2.41. The zero-order valence-electron chi connectivity index (χ0n) is 26.7. The van der Waals surface area contributed by atoms with E-state index in [1.165, 1.54) is 39.4 Å². The molecule has 0 bridgehead atoms. The van der Waals surface area contributed by atoms with Crippen LogP contribution in [0.4, 0.5) is 8.78 Å². The minimum atomic E-state index is -1.20. The second-order valence-corrected chi connectivity index (χ2v) is 13.5. The third-order valence-corrected chi connectivity index (χ3v) is 10.2. The number of hydrogen-bond acceptors (Lipinski definition) is 5. The average Bonchev–Trinajstić information content (AvgIpc) is 3.71. The van der Waals surface area contributed by atoms with Crippen LogP contribution in [0, 0.1) is 18.7 Å². The van der Waals surface area contributed by atoms with Gasteiger partial charge in [0.05, 0.1) is 23.3 Å². The molecule has 9 nitrogen and oxygen atoms in total. The Labute approximate surface area is 267 Å². The molecule has 5 heterocycles. The number of hydrogen-bond donors (Lipinski definition) is 1. The maximum Gasteiger partial charge on any atom is 0.255 e. The number of likely N-dealkylation sites (tertiary alicyclic amines) is 2. The van der Waals surface area contributed by atoms with Crippen LogP contribution in [0.2, 0.25) is 0 Å². The molecule has 3 aliphatic rings. The molecular weight excluding hydrogens is 590 g/mol. The van der Waals surface area contributed by atoms with Crippen LogP contribution in [-0.2, 0) is 16.1 Å². The number of rotatable bonds is 7. The molecule has 3 aromatic heterocycles. The minimum absolute atomic E-state index is 0.0316. The van der Waals surface area contributed by atoms with Crippen LogP contribution in [0.15, 0.2) is 36.5 Å². The molecule has 11 heteroatoms. The Balaban J connectivity index is 1.26. The van der Waals surface area contributed by atoms with Crippen molar-refractivity contribution >= 4 is 28.2 Å². The molecule has 0 radical (unpaired) electrons. The molecule has 0 spiro atoms. The number of carbonyl (C=O) groups excluding carboxylic acids is 2. The lowest BCUT2D eigenvalue weighted by atomic mass is 9.88. The van der Waals surface area contributed by atoms with Gasteiger partial charge >= 0.3 is 0 Å². The number of nitrogens with two attached hydrogens (primary N) is 1. The van der Waals surface area contributed by atoms with Gasteiger partial charge in [0, 0.05) is 56.5 Å². The number of amides is 2. The fraction of sp³-hybridized carbons (Fsp3) is 0.514. The third kappa shape index (κ3) is 5.57. The molecule has 2 amide bonds. The van der Waals surface area contributed by atoms with Gasteiger partial charge in [-0.1, -0.05) is 18.2 Å². The first kappa shape index (κ1) is 30.8. The summed E-state index contributed by atoms with van der Waals surface area (Å²) < 4.78 is 39.0. The summed E-state index contributed by atoms with van der Waals surface area (Å²) in [6.45, 7) is 6.05. The zero-order chi connectivity index (χ0) is 32.3. The number of methoxy groups -OCH3 is 1. The predicted molar refractivity (Wildman–Crippen MR) is 172 cm³/mol. The van der Waals surface area contributed by atoms with E-state index in [9.17, 15) is 14.0 Å². The molecule has 1 aromatic carbocycles. The van der Waals surface area contributed by atoms with Gasteiger partial charge in [0.1, 0.15) is 29.3 Å². The summed E-state index contributed by atoms with van der Waals surface area (Å²) >= 11 is 0. The molecule has 2 aliphatic heterocycles. The number of piperidine rings is 2. The van der Waals surface area contributed by atoms with Crippen LogP contribution < -0.4 is 5.73 Å². The van der Waals surface area contributed by atoms with E-state index >= 15 is 4.39 Å². The monoisotopic (exact) mass is 632 g/mol. The Hall–Kier alpha value is -3.83. The van der Waals surface area contributed by atoms with E-state index in [1.54, 1.807) is 20.2 Å². The van der Waals surface area contributed by atoms with Gasteiger partial charge in [0.2, 0.25) is 0 Å². The molecule has 3 fully saturated rings. The lowest BCUT2D eigenvalue weighted by molar-refractivity contribution is -0.142. The topological polar surface area (TPSA) is 98.1 Å². The van der Waals surface area contributed by atoms with Crippen LogP contribution in [0.1, 0.15) is 66.4 Å². The molecule has 4 aromatic rings.